The molecule has 2 rings (SSSR count). The zero-order valence-corrected chi connectivity index (χ0v) is 14.7. The topological polar surface area (TPSA) is 47.6 Å². The Balaban J connectivity index is 1.85. The molecule has 0 bridgehead atoms. The fourth-order valence-corrected chi connectivity index (χ4v) is 2.62. The number of methoxy groups -OCH3 is 1. The van der Waals surface area contributed by atoms with Crippen LogP contribution in [0.5, 0.6) is 11.5 Å². The summed E-state index contributed by atoms with van der Waals surface area (Å²) in [6.07, 6.45) is 0.281. The van der Waals surface area contributed by atoms with Crippen LogP contribution in [0.15, 0.2) is 42.5 Å². The Kier molecular flexibility index (Phi) is 6.06. The number of hydrogen-bond acceptors (Lipinski definition) is 3. The minimum absolute atomic E-state index is 0.0702. The molecule has 2 aromatic carbocycles. The predicted octanol–water partition coefficient (Wildman–Crippen LogP) is 4.02. The van der Waals surface area contributed by atoms with Crippen LogP contribution < -0.4 is 14.8 Å². The highest BCUT2D eigenvalue weighted by Crippen LogP contribution is 2.25. The van der Waals surface area contributed by atoms with Crippen LogP contribution in [0.4, 0.5) is 5.69 Å². The number of carbonyl (C=O) groups excluding carboxylic acids is 1. The van der Waals surface area contributed by atoms with E-state index >= 15 is 0 Å². The summed E-state index contributed by atoms with van der Waals surface area (Å²) >= 11 is 2.25. The van der Waals surface area contributed by atoms with Gasteiger partial charge in [0.25, 0.3) is 0 Å². The molecule has 116 valence electrons. The number of hydrogen-bond donors (Lipinski definition) is 1. The first-order valence-electron chi connectivity index (χ1n) is 6.92. The van der Waals surface area contributed by atoms with Gasteiger partial charge in [0.2, 0.25) is 5.91 Å². The number of amides is 1. The van der Waals surface area contributed by atoms with Gasteiger partial charge in [-0.05, 0) is 65.4 Å². The van der Waals surface area contributed by atoms with E-state index in [1.54, 1.807) is 7.11 Å². The van der Waals surface area contributed by atoms with E-state index in [-0.39, 0.29) is 12.3 Å². The van der Waals surface area contributed by atoms with Crippen LogP contribution in [0.3, 0.4) is 0 Å². The van der Waals surface area contributed by atoms with Crippen molar-refractivity contribution in [3.63, 3.8) is 0 Å². The van der Waals surface area contributed by atoms with E-state index in [0.717, 1.165) is 14.8 Å². The van der Waals surface area contributed by atoms with Crippen LogP contribution in [0.1, 0.15) is 12.0 Å². The number of halogens is 1. The second-order valence-corrected chi connectivity index (χ2v) is 6.00. The molecule has 5 heteroatoms. The SMILES string of the molecule is COc1ccccc1OCCC(=O)Nc1ccc(I)cc1C. The highest BCUT2D eigenvalue weighted by Gasteiger charge is 2.07. The summed E-state index contributed by atoms with van der Waals surface area (Å²) < 4.78 is 11.9. The third kappa shape index (κ3) is 4.62. The molecule has 0 aromatic heterocycles. The molecule has 0 saturated carbocycles. The predicted molar refractivity (Wildman–Crippen MR) is 95.6 cm³/mol. The summed E-state index contributed by atoms with van der Waals surface area (Å²) in [7, 11) is 1.59. The van der Waals surface area contributed by atoms with Gasteiger partial charge >= 0.3 is 0 Å². The Bertz CT molecular complexity index is 658. The van der Waals surface area contributed by atoms with E-state index in [2.05, 4.69) is 27.9 Å². The van der Waals surface area contributed by atoms with Crippen LogP contribution in [0.2, 0.25) is 0 Å². The Hall–Kier alpha value is -1.76. The maximum atomic E-state index is 12.0. The average Bonchev–Trinajstić information content (AvgIpc) is 2.50. The molecule has 22 heavy (non-hydrogen) atoms. The van der Waals surface area contributed by atoms with Crippen molar-refractivity contribution in [3.8, 4) is 11.5 Å². The Morgan fingerprint density at radius 1 is 1.18 bits per heavy atom. The monoisotopic (exact) mass is 411 g/mol. The number of para-hydroxylation sites is 2. The molecule has 0 aliphatic heterocycles. The van der Waals surface area contributed by atoms with Gasteiger partial charge in [-0.15, -0.1) is 0 Å². The minimum Gasteiger partial charge on any atom is -0.493 e. The van der Waals surface area contributed by atoms with Crippen molar-refractivity contribution in [3.05, 3.63) is 51.6 Å². The smallest absolute Gasteiger partial charge is 0.227 e. The molecule has 0 aliphatic carbocycles. The van der Waals surface area contributed by atoms with Crippen molar-refractivity contribution in [1.82, 2.24) is 0 Å². The number of carbonyl (C=O) groups is 1. The van der Waals surface area contributed by atoms with Gasteiger partial charge in [0.05, 0.1) is 20.1 Å². The van der Waals surface area contributed by atoms with Crippen LogP contribution in [0.25, 0.3) is 0 Å². The van der Waals surface area contributed by atoms with Crippen LogP contribution in [-0.2, 0) is 4.79 Å². The largest absolute Gasteiger partial charge is 0.493 e. The molecule has 1 N–H and O–H groups in total. The fraction of sp³-hybridized carbons (Fsp3) is 0.235. The van der Waals surface area contributed by atoms with Crippen molar-refractivity contribution in [2.24, 2.45) is 0 Å². The molecule has 0 aliphatic rings. The van der Waals surface area contributed by atoms with Crippen molar-refractivity contribution < 1.29 is 14.3 Å². The van der Waals surface area contributed by atoms with E-state index in [0.29, 0.717) is 18.1 Å². The van der Waals surface area contributed by atoms with E-state index in [9.17, 15) is 4.79 Å². The van der Waals surface area contributed by atoms with Crippen LogP contribution in [0, 0.1) is 10.5 Å². The van der Waals surface area contributed by atoms with Crippen molar-refractivity contribution in [2.75, 3.05) is 19.0 Å². The number of rotatable bonds is 6. The van der Waals surface area contributed by atoms with E-state index in [1.165, 1.54) is 0 Å². The summed E-state index contributed by atoms with van der Waals surface area (Å²) in [5.41, 5.74) is 1.88. The second kappa shape index (κ2) is 8.03. The third-order valence-corrected chi connectivity index (χ3v) is 3.79. The van der Waals surface area contributed by atoms with Crippen LogP contribution >= 0.6 is 22.6 Å². The van der Waals surface area contributed by atoms with Gasteiger partial charge in [-0.3, -0.25) is 4.79 Å². The van der Waals surface area contributed by atoms with E-state index in [4.69, 9.17) is 9.47 Å². The molecule has 0 heterocycles. The van der Waals surface area contributed by atoms with E-state index < -0.39 is 0 Å². The molecule has 0 spiro atoms. The minimum atomic E-state index is -0.0702. The zero-order chi connectivity index (χ0) is 15.9. The summed E-state index contributed by atoms with van der Waals surface area (Å²) in [6, 6.07) is 13.3. The number of aryl methyl sites for hydroxylation is 1. The zero-order valence-electron chi connectivity index (χ0n) is 12.6. The quantitative estimate of drug-likeness (QED) is 0.731. The summed E-state index contributed by atoms with van der Waals surface area (Å²) in [4.78, 5) is 12.0. The molecular weight excluding hydrogens is 393 g/mol. The second-order valence-electron chi connectivity index (χ2n) is 4.76. The van der Waals surface area contributed by atoms with Gasteiger partial charge in [0, 0.05) is 9.26 Å². The third-order valence-electron chi connectivity index (χ3n) is 3.12. The standard InChI is InChI=1S/C17H18INO3/c1-12-11-13(18)7-8-14(12)19-17(20)9-10-22-16-6-4-3-5-15(16)21-2/h3-8,11H,9-10H2,1-2H3,(H,19,20). The van der Waals surface area contributed by atoms with Crippen molar-refractivity contribution in [1.29, 1.82) is 0 Å². The summed E-state index contributed by atoms with van der Waals surface area (Å²) in [6.45, 7) is 2.28. The average molecular weight is 411 g/mol. The van der Waals surface area contributed by atoms with Crippen LogP contribution in [-0.4, -0.2) is 19.6 Å². The fourth-order valence-electron chi connectivity index (χ4n) is 1.97. The van der Waals surface area contributed by atoms with Gasteiger partial charge in [-0.25, -0.2) is 0 Å². The molecule has 0 fully saturated rings. The number of nitrogens with one attached hydrogen (secondary N) is 1. The molecule has 1 amide bonds. The number of ether oxygens (including phenoxy) is 2. The first-order chi connectivity index (χ1) is 10.6. The van der Waals surface area contributed by atoms with Gasteiger partial charge in [-0.1, -0.05) is 12.1 Å². The Morgan fingerprint density at radius 3 is 2.59 bits per heavy atom. The Labute approximate surface area is 144 Å². The maximum absolute atomic E-state index is 12.0. The normalized spacial score (nSPS) is 10.1. The van der Waals surface area contributed by atoms with Crippen molar-refractivity contribution in [2.45, 2.75) is 13.3 Å². The lowest BCUT2D eigenvalue weighted by molar-refractivity contribution is -0.116. The number of benzene rings is 2. The lowest BCUT2D eigenvalue weighted by Crippen LogP contribution is -2.16. The Morgan fingerprint density at radius 2 is 1.91 bits per heavy atom. The van der Waals surface area contributed by atoms with Crippen molar-refractivity contribution >= 4 is 34.2 Å². The molecular formula is C17H18INO3. The first-order valence-corrected chi connectivity index (χ1v) is 8.00. The summed E-state index contributed by atoms with van der Waals surface area (Å²) in [5.74, 6) is 1.24. The lowest BCUT2D eigenvalue weighted by atomic mass is 10.2. The molecule has 2 aromatic rings. The van der Waals surface area contributed by atoms with Gasteiger partial charge < -0.3 is 14.8 Å². The number of anilines is 1. The highest BCUT2D eigenvalue weighted by molar-refractivity contribution is 14.1. The molecule has 4 nitrogen and oxygen atoms in total. The van der Waals surface area contributed by atoms with E-state index in [1.807, 2.05) is 49.4 Å². The molecule has 0 saturated heterocycles. The van der Waals surface area contributed by atoms with Gasteiger partial charge in [-0.2, -0.15) is 0 Å². The first kappa shape index (κ1) is 16.6. The molecule has 0 unspecified atom stereocenters. The van der Waals surface area contributed by atoms with Gasteiger partial charge in [0.15, 0.2) is 11.5 Å². The highest BCUT2D eigenvalue weighted by atomic mass is 127. The maximum Gasteiger partial charge on any atom is 0.227 e. The molecule has 0 radical (unpaired) electrons. The van der Waals surface area contributed by atoms with Gasteiger partial charge in [0.1, 0.15) is 0 Å². The lowest BCUT2D eigenvalue weighted by Gasteiger charge is -2.11. The summed E-state index contributed by atoms with van der Waals surface area (Å²) in [5, 5.41) is 2.90. The molecule has 0 atom stereocenters.